The summed E-state index contributed by atoms with van der Waals surface area (Å²) in [6.07, 6.45) is 1.77. The molecule has 1 fully saturated rings. The molecule has 1 heterocycles. The van der Waals surface area contributed by atoms with Crippen molar-refractivity contribution in [1.29, 1.82) is 0 Å². The molecule has 0 amide bonds. The minimum atomic E-state index is -3.35. The van der Waals surface area contributed by atoms with Crippen molar-refractivity contribution < 1.29 is 12.8 Å². The fraction of sp³-hybridized carbons (Fsp3) is 0.600. The third-order valence-corrected chi connectivity index (χ3v) is 5.59. The smallest absolute Gasteiger partial charge is 0.212 e. The van der Waals surface area contributed by atoms with Gasteiger partial charge in [0.15, 0.2) is 0 Å². The van der Waals surface area contributed by atoms with Crippen molar-refractivity contribution in [2.45, 2.75) is 32.7 Å². The van der Waals surface area contributed by atoms with E-state index in [0.29, 0.717) is 11.1 Å². The predicted molar refractivity (Wildman–Crippen MR) is 82.1 cm³/mol. The SMILES string of the molecule is Cc1ccc(C(C)NS(=O)(=O)CC2CCNCC2)cc1F. The maximum atomic E-state index is 13.6. The zero-order chi connectivity index (χ0) is 15.5. The summed E-state index contributed by atoms with van der Waals surface area (Å²) in [7, 11) is -3.35. The summed E-state index contributed by atoms with van der Waals surface area (Å²) in [6.45, 7) is 5.17. The Morgan fingerprint density at radius 1 is 1.38 bits per heavy atom. The Balaban J connectivity index is 1.99. The van der Waals surface area contributed by atoms with Gasteiger partial charge < -0.3 is 5.32 Å². The van der Waals surface area contributed by atoms with Gasteiger partial charge in [0.25, 0.3) is 0 Å². The van der Waals surface area contributed by atoms with Crippen LogP contribution in [0.3, 0.4) is 0 Å². The first-order valence-corrected chi connectivity index (χ1v) is 8.99. The van der Waals surface area contributed by atoms with Crippen LogP contribution in [-0.4, -0.2) is 27.3 Å². The van der Waals surface area contributed by atoms with E-state index >= 15 is 0 Å². The Kier molecular flexibility index (Phi) is 5.35. The van der Waals surface area contributed by atoms with Gasteiger partial charge in [-0.15, -0.1) is 0 Å². The molecule has 0 aromatic heterocycles. The van der Waals surface area contributed by atoms with Crippen molar-refractivity contribution in [3.8, 4) is 0 Å². The zero-order valence-corrected chi connectivity index (χ0v) is 13.3. The second kappa shape index (κ2) is 6.85. The molecule has 1 aromatic carbocycles. The number of rotatable bonds is 5. The lowest BCUT2D eigenvalue weighted by molar-refractivity contribution is 0.399. The van der Waals surface area contributed by atoms with Gasteiger partial charge in [0, 0.05) is 6.04 Å². The summed E-state index contributed by atoms with van der Waals surface area (Å²) in [4.78, 5) is 0. The van der Waals surface area contributed by atoms with Gasteiger partial charge in [-0.2, -0.15) is 0 Å². The molecule has 1 unspecified atom stereocenters. The molecule has 1 aliphatic rings. The molecular formula is C15H23FN2O2S. The van der Waals surface area contributed by atoms with Crippen LogP contribution in [-0.2, 0) is 10.0 Å². The molecule has 0 spiro atoms. The first-order valence-electron chi connectivity index (χ1n) is 7.34. The Morgan fingerprint density at radius 2 is 2.05 bits per heavy atom. The largest absolute Gasteiger partial charge is 0.317 e. The first-order chi connectivity index (χ1) is 9.87. The third kappa shape index (κ3) is 4.76. The fourth-order valence-corrected chi connectivity index (χ4v) is 4.35. The van der Waals surface area contributed by atoms with Crippen LogP contribution in [0, 0.1) is 18.7 Å². The summed E-state index contributed by atoms with van der Waals surface area (Å²) in [6, 6.07) is 4.40. The van der Waals surface area contributed by atoms with Crippen LogP contribution >= 0.6 is 0 Å². The van der Waals surface area contributed by atoms with Crippen LogP contribution in [0.1, 0.15) is 36.9 Å². The molecule has 0 aliphatic carbocycles. The highest BCUT2D eigenvalue weighted by molar-refractivity contribution is 7.89. The fourth-order valence-electron chi connectivity index (χ4n) is 2.62. The van der Waals surface area contributed by atoms with Gasteiger partial charge in [0.05, 0.1) is 5.75 Å². The average molecular weight is 314 g/mol. The quantitative estimate of drug-likeness (QED) is 0.875. The highest BCUT2D eigenvalue weighted by Crippen LogP contribution is 2.19. The number of sulfonamides is 1. The van der Waals surface area contributed by atoms with Crippen LogP contribution < -0.4 is 10.0 Å². The number of nitrogens with one attached hydrogen (secondary N) is 2. The molecule has 1 aromatic rings. The normalized spacial score (nSPS) is 18.6. The topological polar surface area (TPSA) is 58.2 Å². The van der Waals surface area contributed by atoms with Gasteiger partial charge in [-0.1, -0.05) is 12.1 Å². The van der Waals surface area contributed by atoms with E-state index in [1.807, 2.05) is 0 Å². The summed E-state index contributed by atoms with van der Waals surface area (Å²) < 4.78 is 40.6. The lowest BCUT2D eigenvalue weighted by Gasteiger charge is -2.23. The standard InChI is InChI=1S/C15H23FN2O2S/c1-11-3-4-14(9-15(11)16)12(2)18-21(19,20)10-13-5-7-17-8-6-13/h3-4,9,12-13,17-18H,5-8,10H2,1-2H3. The number of halogens is 1. The van der Waals surface area contributed by atoms with Gasteiger partial charge in [0.2, 0.25) is 10.0 Å². The summed E-state index contributed by atoms with van der Waals surface area (Å²) in [5, 5.41) is 3.22. The van der Waals surface area contributed by atoms with E-state index in [1.54, 1.807) is 26.0 Å². The summed E-state index contributed by atoms with van der Waals surface area (Å²) in [5.74, 6) is 0.0375. The molecule has 1 saturated heterocycles. The minimum absolute atomic E-state index is 0.146. The molecule has 0 radical (unpaired) electrons. The average Bonchev–Trinajstić information content (AvgIpc) is 2.41. The number of aryl methyl sites for hydroxylation is 1. The molecule has 2 N–H and O–H groups in total. The van der Waals surface area contributed by atoms with E-state index < -0.39 is 16.1 Å². The molecule has 1 aliphatic heterocycles. The highest BCUT2D eigenvalue weighted by Gasteiger charge is 2.23. The van der Waals surface area contributed by atoms with Crippen molar-refractivity contribution in [2.75, 3.05) is 18.8 Å². The number of piperidine rings is 1. The van der Waals surface area contributed by atoms with Gasteiger partial charge in [-0.3, -0.25) is 0 Å². The third-order valence-electron chi connectivity index (χ3n) is 3.97. The van der Waals surface area contributed by atoms with Crippen LogP contribution in [0.25, 0.3) is 0 Å². The maximum Gasteiger partial charge on any atom is 0.212 e. The van der Waals surface area contributed by atoms with Gasteiger partial charge in [-0.05, 0) is 62.9 Å². The molecule has 0 bridgehead atoms. The summed E-state index contributed by atoms with van der Waals surface area (Å²) in [5.41, 5.74) is 1.20. The summed E-state index contributed by atoms with van der Waals surface area (Å²) >= 11 is 0. The van der Waals surface area contributed by atoms with Crippen molar-refractivity contribution in [3.05, 3.63) is 35.1 Å². The van der Waals surface area contributed by atoms with E-state index in [-0.39, 0.29) is 17.5 Å². The zero-order valence-electron chi connectivity index (χ0n) is 12.5. The van der Waals surface area contributed by atoms with E-state index in [4.69, 9.17) is 0 Å². The second-order valence-electron chi connectivity index (χ2n) is 5.82. The minimum Gasteiger partial charge on any atom is -0.317 e. The first kappa shape index (κ1) is 16.4. The van der Waals surface area contributed by atoms with Crippen molar-refractivity contribution in [2.24, 2.45) is 5.92 Å². The molecule has 4 nitrogen and oxygen atoms in total. The molecule has 21 heavy (non-hydrogen) atoms. The van der Waals surface area contributed by atoms with Crippen LogP contribution in [0.15, 0.2) is 18.2 Å². The number of hydrogen-bond donors (Lipinski definition) is 2. The highest BCUT2D eigenvalue weighted by atomic mass is 32.2. The number of hydrogen-bond acceptors (Lipinski definition) is 3. The van der Waals surface area contributed by atoms with Crippen molar-refractivity contribution in [3.63, 3.8) is 0 Å². The van der Waals surface area contributed by atoms with Gasteiger partial charge in [0.1, 0.15) is 5.82 Å². The van der Waals surface area contributed by atoms with Crippen LogP contribution in [0.2, 0.25) is 0 Å². The van der Waals surface area contributed by atoms with Gasteiger partial charge >= 0.3 is 0 Å². The molecule has 6 heteroatoms. The molecular weight excluding hydrogens is 291 g/mol. The van der Waals surface area contributed by atoms with E-state index in [2.05, 4.69) is 10.0 Å². The van der Waals surface area contributed by atoms with Crippen LogP contribution in [0.4, 0.5) is 4.39 Å². The van der Waals surface area contributed by atoms with E-state index in [1.165, 1.54) is 6.07 Å². The second-order valence-corrected chi connectivity index (χ2v) is 7.62. The maximum absolute atomic E-state index is 13.6. The lowest BCUT2D eigenvalue weighted by Crippen LogP contribution is -2.36. The van der Waals surface area contributed by atoms with E-state index in [0.717, 1.165) is 25.9 Å². The lowest BCUT2D eigenvalue weighted by atomic mass is 10.0. The van der Waals surface area contributed by atoms with Crippen LogP contribution in [0.5, 0.6) is 0 Å². The Morgan fingerprint density at radius 3 is 2.67 bits per heavy atom. The van der Waals surface area contributed by atoms with E-state index in [9.17, 15) is 12.8 Å². The Hall–Kier alpha value is -0.980. The Labute approximate surface area is 126 Å². The monoisotopic (exact) mass is 314 g/mol. The predicted octanol–water partition coefficient (Wildman–Crippen LogP) is 2.11. The molecule has 1 atom stereocenters. The molecule has 118 valence electrons. The van der Waals surface area contributed by atoms with Crippen molar-refractivity contribution >= 4 is 10.0 Å². The van der Waals surface area contributed by atoms with Crippen molar-refractivity contribution in [1.82, 2.24) is 10.0 Å². The molecule has 2 rings (SSSR count). The number of benzene rings is 1. The van der Waals surface area contributed by atoms with Gasteiger partial charge in [-0.25, -0.2) is 17.5 Å². The Bertz CT molecular complexity index is 583. The molecule has 0 saturated carbocycles.